The molecular formula is C16H16ClF2N5O2S. The van der Waals surface area contributed by atoms with Crippen LogP contribution in [-0.2, 0) is 16.6 Å². The van der Waals surface area contributed by atoms with Gasteiger partial charge in [-0.1, -0.05) is 23.7 Å². The fourth-order valence-corrected chi connectivity index (χ4v) is 4.22. The smallest absolute Gasteiger partial charge is 0.266 e. The van der Waals surface area contributed by atoms with E-state index in [1.807, 2.05) is 12.1 Å². The molecule has 0 bridgehead atoms. The summed E-state index contributed by atoms with van der Waals surface area (Å²) in [6.07, 6.45) is 1.61. The highest BCUT2D eigenvalue weighted by atomic mass is 35.5. The summed E-state index contributed by atoms with van der Waals surface area (Å²) in [4.78, 5) is -0.282. The summed E-state index contributed by atoms with van der Waals surface area (Å²) in [6, 6.07) is 8.64. The van der Waals surface area contributed by atoms with Crippen LogP contribution in [0.3, 0.4) is 0 Å². The molecule has 2 aromatic heterocycles. The lowest BCUT2D eigenvalue weighted by atomic mass is 10.2. The molecule has 1 N–H and O–H groups in total. The van der Waals surface area contributed by atoms with Gasteiger partial charge in [0, 0.05) is 17.3 Å². The van der Waals surface area contributed by atoms with E-state index < -0.39 is 16.6 Å². The minimum Gasteiger partial charge on any atom is -0.266 e. The predicted octanol–water partition coefficient (Wildman–Crippen LogP) is 3.59. The van der Waals surface area contributed by atoms with Crippen LogP contribution < -0.4 is 4.72 Å². The molecule has 0 amide bonds. The Morgan fingerprint density at radius 3 is 2.41 bits per heavy atom. The van der Waals surface area contributed by atoms with Crippen molar-refractivity contribution in [2.75, 3.05) is 4.72 Å². The highest BCUT2D eigenvalue weighted by molar-refractivity contribution is 7.92. The molecule has 0 unspecified atom stereocenters. The maximum atomic E-state index is 12.9. The van der Waals surface area contributed by atoms with Crippen LogP contribution in [0, 0.1) is 13.8 Å². The Hall–Kier alpha value is -2.46. The quantitative estimate of drug-likeness (QED) is 0.667. The molecule has 11 heteroatoms. The van der Waals surface area contributed by atoms with Gasteiger partial charge in [-0.25, -0.2) is 13.1 Å². The largest absolute Gasteiger partial charge is 0.333 e. The molecular weight excluding hydrogens is 400 g/mol. The third-order valence-electron chi connectivity index (χ3n) is 3.85. The zero-order valence-corrected chi connectivity index (χ0v) is 16.0. The Morgan fingerprint density at radius 2 is 1.81 bits per heavy atom. The van der Waals surface area contributed by atoms with Crippen molar-refractivity contribution in [1.82, 2.24) is 19.6 Å². The zero-order chi connectivity index (χ0) is 19.8. The molecule has 0 saturated heterocycles. The number of anilines is 1. The molecule has 3 aromatic rings. The van der Waals surface area contributed by atoms with Gasteiger partial charge in [-0.2, -0.15) is 19.0 Å². The lowest BCUT2D eigenvalue weighted by Crippen LogP contribution is -2.16. The molecule has 0 aliphatic carbocycles. The molecule has 0 radical (unpaired) electrons. The van der Waals surface area contributed by atoms with Crippen LogP contribution in [0.1, 0.15) is 23.5 Å². The lowest BCUT2D eigenvalue weighted by Gasteiger charge is -2.07. The fraction of sp³-hybridized carbons (Fsp3) is 0.250. The van der Waals surface area contributed by atoms with Crippen LogP contribution in [0.25, 0.3) is 0 Å². The molecule has 2 heterocycles. The summed E-state index contributed by atoms with van der Waals surface area (Å²) in [5.74, 6) is 0.0764. The number of hydrogen-bond acceptors (Lipinski definition) is 4. The number of benzene rings is 1. The van der Waals surface area contributed by atoms with Gasteiger partial charge >= 0.3 is 6.55 Å². The lowest BCUT2D eigenvalue weighted by molar-refractivity contribution is 0.0538. The third-order valence-corrected chi connectivity index (χ3v) is 5.71. The minimum absolute atomic E-state index is 0.0131. The average molecular weight is 416 g/mol. The van der Waals surface area contributed by atoms with E-state index in [1.165, 1.54) is 19.9 Å². The minimum atomic E-state index is -4.11. The second-order valence-electron chi connectivity index (χ2n) is 5.85. The molecule has 7 nitrogen and oxygen atoms in total. The first-order valence-corrected chi connectivity index (χ1v) is 9.68. The summed E-state index contributed by atoms with van der Waals surface area (Å²) in [7, 11) is -4.11. The second kappa shape index (κ2) is 7.28. The standard InChI is InChI=1S/C16H16ClF2N5O2S/c1-10-15(11(2)24(20-10)16(18)19)27(25,26)22-14-7-8-23(21-14)9-12-3-5-13(17)6-4-12/h3-8,16H,9H2,1-2H3,(H,21,22). The van der Waals surface area contributed by atoms with Crippen molar-refractivity contribution in [2.24, 2.45) is 0 Å². The number of halogens is 3. The molecule has 0 saturated carbocycles. The third kappa shape index (κ3) is 4.11. The summed E-state index contributed by atoms with van der Waals surface area (Å²) >= 11 is 5.84. The molecule has 0 aliphatic rings. The van der Waals surface area contributed by atoms with Crippen molar-refractivity contribution in [3.63, 3.8) is 0 Å². The molecule has 1 aromatic carbocycles. The average Bonchev–Trinajstić information content (AvgIpc) is 3.13. The highest BCUT2D eigenvalue weighted by Crippen LogP contribution is 2.25. The van der Waals surface area contributed by atoms with Crippen molar-refractivity contribution in [3.8, 4) is 0 Å². The topological polar surface area (TPSA) is 81.8 Å². The number of rotatable bonds is 6. The fourth-order valence-electron chi connectivity index (χ4n) is 2.70. The number of hydrogen-bond donors (Lipinski definition) is 1. The van der Waals surface area contributed by atoms with Gasteiger partial charge in [0.1, 0.15) is 4.90 Å². The van der Waals surface area contributed by atoms with Crippen LogP contribution in [0.2, 0.25) is 5.02 Å². The maximum Gasteiger partial charge on any atom is 0.333 e. The molecule has 0 atom stereocenters. The van der Waals surface area contributed by atoms with E-state index in [-0.39, 0.29) is 22.1 Å². The Bertz CT molecular complexity index is 1060. The van der Waals surface area contributed by atoms with Gasteiger partial charge in [0.05, 0.1) is 17.9 Å². The van der Waals surface area contributed by atoms with Crippen molar-refractivity contribution in [2.45, 2.75) is 31.8 Å². The van der Waals surface area contributed by atoms with Crippen molar-refractivity contribution < 1.29 is 17.2 Å². The van der Waals surface area contributed by atoms with E-state index in [2.05, 4.69) is 14.9 Å². The number of aryl methyl sites for hydroxylation is 1. The Morgan fingerprint density at radius 1 is 1.15 bits per heavy atom. The number of nitrogens with zero attached hydrogens (tertiary/aromatic N) is 4. The van der Waals surface area contributed by atoms with Gasteiger partial charge in [-0.3, -0.25) is 9.40 Å². The summed E-state index contributed by atoms with van der Waals surface area (Å²) in [5, 5.41) is 8.37. The summed E-state index contributed by atoms with van der Waals surface area (Å²) in [5.41, 5.74) is 0.776. The van der Waals surface area contributed by atoms with E-state index in [9.17, 15) is 17.2 Å². The Kier molecular flexibility index (Phi) is 5.20. The van der Waals surface area contributed by atoms with Crippen LogP contribution in [0.15, 0.2) is 41.4 Å². The van der Waals surface area contributed by atoms with Crippen LogP contribution in [0.4, 0.5) is 14.6 Å². The molecule has 0 fully saturated rings. The van der Waals surface area contributed by atoms with E-state index in [0.717, 1.165) is 5.56 Å². The van der Waals surface area contributed by atoms with E-state index in [0.29, 0.717) is 16.2 Å². The van der Waals surface area contributed by atoms with Crippen LogP contribution >= 0.6 is 11.6 Å². The van der Waals surface area contributed by atoms with Crippen molar-refractivity contribution >= 4 is 27.4 Å². The highest BCUT2D eigenvalue weighted by Gasteiger charge is 2.27. The number of alkyl halides is 2. The van der Waals surface area contributed by atoms with E-state index in [1.54, 1.807) is 23.0 Å². The van der Waals surface area contributed by atoms with Gasteiger partial charge in [0.15, 0.2) is 5.82 Å². The monoisotopic (exact) mass is 415 g/mol. The molecule has 27 heavy (non-hydrogen) atoms. The van der Waals surface area contributed by atoms with Gasteiger partial charge in [0.2, 0.25) is 0 Å². The number of aromatic nitrogens is 4. The van der Waals surface area contributed by atoms with Crippen molar-refractivity contribution in [1.29, 1.82) is 0 Å². The molecule has 0 spiro atoms. The Balaban J connectivity index is 1.81. The van der Waals surface area contributed by atoms with Gasteiger partial charge in [0.25, 0.3) is 10.0 Å². The predicted molar refractivity (Wildman–Crippen MR) is 96.5 cm³/mol. The molecule has 144 valence electrons. The van der Waals surface area contributed by atoms with Gasteiger partial charge < -0.3 is 0 Å². The first kappa shape index (κ1) is 19.3. The van der Waals surface area contributed by atoms with Gasteiger partial charge in [-0.05, 0) is 31.5 Å². The first-order valence-electron chi connectivity index (χ1n) is 7.82. The number of sulfonamides is 1. The van der Waals surface area contributed by atoms with Crippen molar-refractivity contribution in [3.05, 3.63) is 58.5 Å². The zero-order valence-electron chi connectivity index (χ0n) is 14.4. The maximum absolute atomic E-state index is 12.9. The normalized spacial score (nSPS) is 11.9. The molecule has 0 aliphatic heterocycles. The Labute approximate surface area is 159 Å². The van der Waals surface area contributed by atoms with Crippen LogP contribution in [-0.4, -0.2) is 28.0 Å². The number of nitrogens with one attached hydrogen (secondary N) is 1. The van der Waals surface area contributed by atoms with Crippen LogP contribution in [0.5, 0.6) is 0 Å². The second-order valence-corrected chi connectivity index (χ2v) is 7.91. The first-order chi connectivity index (χ1) is 12.7. The SMILES string of the molecule is Cc1nn(C(F)F)c(C)c1S(=O)(=O)Nc1ccn(Cc2ccc(Cl)cc2)n1. The van der Waals surface area contributed by atoms with Gasteiger partial charge in [-0.15, -0.1) is 0 Å². The van der Waals surface area contributed by atoms with E-state index >= 15 is 0 Å². The summed E-state index contributed by atoms with van der Waals surface area (Å²) < 4.78 is 55.3. The molecule has 3 rings (SSSR count). The summed E-state index contributed by atoms with van der Waals surface area (Å²) in [6.45, 7) is 0.130. The van der Waals surface area contributed by atoms with E-state index in [4.69, 9.17) is 11.6 Å².